The first kappa shape index (κ1) is 17.5. The normalized spacial score (nSPS) is 16.6. The Labute approximate surface area is 141 Å². The zero-order valence-electron chi connectivity index (χ0n) is 14.0. The summed E-state index contributed by atoms with van der Waals surface area (Å²) in [6, 6.07) is 0. The van der Waals surface area contributed by atoms with Crippen LogP contribution in [0.4, 0.5) is 5.13 Å². The Bertz CT molecular complexity index is 531. The Balaban J connectivity index is 1.74. The number of piperazine rings is 1. The van der Waals surface area contributed by atoms with E-state index in [2.05, 4.69) is 14.9 Å². The van der Waals surface area contributed by atoms with Gasteiger partial charge in [0, 0.05) is 37.8 Å². The molecule has 0 spiro atoms. The minimum Gasteiger partial charge on any atom is -0.460 e. The lowest BCUT2D eigenvalue weighted by Gasteiger charge is -2.35. The highest BCUT2D eigenvalue weighted by atomic mass is 32.1. The molecule has 0 aromatic carbocycles. The van der Waals surface area contributed by atoms with Crippen molar-refractivity contribution in [1.82, 2.24) is 9.88 Å². The standard InChI is InChI=1S/C15H25N5O2S/c1-15(2,3)22-12(21)4-5-17-13(16)19-7-9-20(10-8-19)14-18-6-11-23-14/h6,11H,4-5,7-10H2,1-3H3,(H2,16,17). The van der Waals surface area contributed by atoms with Crippen molar-refractivity contribution in [2.75, 3.05) is 37.6 Å². The molecule has 0 atom stereocenters. The van der Waals surface area contributed by atoms with Gasteiger partial charge >= 0.3 is 5.97 Å². The molecule has 128 valence electrons. The van der Waals surface area contributed by atoms with Crippen LogP contribution in [0.25, 0.3) is 0 Å². The summed E-state index contributed by atoms with van der Waals surface area (Å²) in [5.74, 6) is 0.245. The van der Waals surface area contributed by atoms with Gasteiger partial charge < -0.3 is 20.3 Å². The highest BCUT2D eigenvalue weighted by Crippen LogP contribution is 2.18. The molecule has 0 amide bonds. The third kappa shape index (κ3) is 5.70. The molecule has 1 aliphatic rings. The molecule has 1 aromatic rings. The van der Waals surface area contributed by atoms with Gasteiger partial charge in [0.25, 0.3) is 0 Å². The number of carbonyl (C=O) groups excluding carboxylic acids is 1. The Morgan fingerprint density at radius 3 is 2.65 bits per heavy atom. The van der Waals surface area contributed by atoms with E-state index in [1.807, 2.05) is 37.2 Å². The van der Waals surface area contributed by atoms with Crippen LogP contribution < -0.4 is 10.6 Å². The van der Waals surface area contributed by atoms with Gasteiger partial charge in [-0.1, -0.05) is 0 Å². The molecule has 0 radical (unpaired) electrons. The first-order chi connectivity index (χ1) is 10.8. The summed E-state index contributed by atoms with van der Waals surface area (Å²) in [7, 11) is 0. The fraction of sp³-hybridized carbons (Fsp3) is 0.667. The first-order valence-electron chi connectivity index (χ1n) is 7.76. The highest BCUT2D eigenvalue weighted by molar-refractivity contribution is 7.13. The van der Waals surface area contributed by atoms with Crippen LogP contribution >= 0.6 is 11.3 Å². The smallest absolute Gasteiger partial charge is 0.308 e. The molecule has 2 rings (SSSR count). The molecular formula is C15H25N5O2S. The van der Waals surface area contributed by atoms with Gasteiger partial charge in [-0.25, -0.2) is 4.98 Å². The third-order valence-electron chi connectivity index (χ3n) is 3.30. The van der Waals surface area contributed by atoms with Gasteiger partial charge in [-0.2, -0.15) is 0 Å². The SMILES string of the molecule is CC(C)(C)OC(=O)CCN=C(N)N1CCN(c2nccs2)CC1. The quantitative estimate of drug-likeness (QED) is 0.506. The average Bonchev–Trinajstić information content (AvgIpc) is 2.99. The Morgan fingerprint density at radius 2 is 2.09 bits per heavy atom. The zero-order valence-corrected chi connectivity index (χ0v) is 14.8. The number of carbonyl (C=O) groups is 1. The molecule has 8 heteroatoms. The Hall–Kier alpha value is -1.83. The van der Waals surface area contributed by atoms with E-state index < -0.39 is 5.60 Å². The van der Waals surface area contributed by atoms with Gasteiger partial charge in [0.05, 0.1) is 13.0 Å². The molecular weight excluding hydrogens is 314 g/mol. The molecule has 23 heavy (non-hydrogen) atoms. The molecule has 0 bridgehead atoms. The van der Waals surface area contributed by atoms with Crippen molar-refractivity contribution >= 4 is 28.4 Å². The van der Waals surface area contributed by atoms with Crippen molar-refractivity contribution in [2.24, 2.45) is 10.7 Å². The lowest BCUT2D eigenvalue weighted by molar-refractivity contribution is -0.154. The summed E-state index contributed by atoms with van der Waals surface area (Å²) in [5, 5.41) is 3.03. The summed E-state index contributed by atoms with van der Waals surface area (Å²) in [4.78, 5) is 24.5. The van der Waals surface area contributed by atoms with Crippen LogP contribution in [0.2, 0.25) is 0 Å². The maximum atomic E-state index is 11.6. The number of esters is 1. The number of hydrogen-bond acceptors (Lipinski definition) is 6. The van der Waals surface area contributed by atoms with E-state index in [0.717, 1.165) is 31.3 Å². The monoisotopic (exact) mass is 339 g/mol. The van der Waals surface area contributed by atoms with E-state index in [4.69, 9.17) is 10.5 Å². The van der Waals surface area contributed by atoms with Crippen LogP contribution in [0, 0.1) is 0 Å². The van der Waals surface area contributed by atoms with Gasteiger partial charge in [0.1, 0.15) is 5.60 Å². The molecule has 7 nitrogen and oxygen atoms in total. The van der Waals surface area contributed by atoms with Crippen molar-refractivity contribution in [3.8, 4) is 0 Å². The number of aliphatic imine (C=N–C) groups is 1. The van der Waals surface area contributed by atoms with Crippen LogP contribution in [0.1, 0.15) is 27.2 Å². The van der Waals surface area contributed by atoms with Crippen molar-refractivity contribution in [3.63, 3.8) is 0 Å². The average molecular weight is 339 g/mol. The van der Waals surface area contributed by atoms with Crippen molar-refractivity contribution in [2.45, 2.75) is 32.8 Å². The maximum Gasteiger partial charge on any atom is 0.308 e. The summed E-state index contributed by atoms with van der Waals surface area (Å²) in [5.41, 5.74) is 5.56. The number of rotatable bonds is 4. The number of anilines is 1. The predicted molar refractivity (Wildman–Crippen MR) is 92.9 cm³/mol. The van der Waals surface area contributed by atoms with Gasteiger partial charge in [-0.05, 0) is 20.8 Å². The van der Waals surface area contributed by atoms with Crippen LogP contribution in [0.15, 0.2) is 16.6 Å². The van der Waals surface area contributed by atoms with E-state index in [0.29, 0.717) is 12.5 Å². The summed E-state index contributed by atoms with van der Waals surface area (Å²) in [6.45, 7) is 9.27. The molecule has 1 aromatic heterocycles. The number of thiazole rings is 1. The van der Waals surface area contributed by atoms with Gasteiger partial charge in [0.15, 0.2) is 11.1 Å². The summed E-state index contributed by atoms with van der Waals surface area (Å²) in [6.07, 6.45) is 2.07. The van der Waals surface area contributed by atoms with E-state index in [1.54, 1.807) is 11.3 Å². The summed E-state index contributed by atoms with van der Waals surface area (Å²) >= 11 is 1.64. The molecule has 1 aliphatic heterocycles. The minimum absolute atomic E-state index is 0.247. The maximum absolute atomic E-state index is 11.6. The fourth-order valence-electron chi connectivity index (χ4n) is 2.25. The molecule has 2 N–H and O–H groups in total. The molecule has 0 unspecified atom stereocenters. The highest BCUT2D eigenvalue weighted by Gasteiger charge is 2.20. The molecule has 2 heterocycles. The fourth-order valence-corrected chi connectivity index (χ4v) is 2.95. The second-order valence-electron chi connectivity index (χ2n) is 6.37. The topological polar surface area (TPSA) is 84.0 Å². The van der Waals surface area contributed by atoms with E-state index >= 15 is 0 Å². The first-order valence-corrected chi connectivity index (χ1v) is 8.64. The van der Waals surface area contributed by atoms with Crippen molar-refractivity contribution in [3.05, 3.63) is 11.6 Å². The second-order valence-corrected chi connectivity index (χ2v) is 7.24. The van der Waals surface area contributed by atoms with Crippen LogP contribution in [0.5, 0.6) is 0 Å². The second kappa shape index (κ2) is 7.63. The molecule has 1 fully saturated rings. The number of guanidine groups is 1. The van der Waals surface area contributed by atoms with Crippen LogP contribution in [-0.4, -0.2) is 60.1 Å². The number of aromatic nitrogens is 1. The zero-order chi connectivity index (χ0) is 16.9. The number of ether oxygens (including phenoxy) is 1. The summed E-state index contributed by atoms with van der Waals surface area (Å²) < 4.78 is 5.25. The Morgan fingerprint density at radius 1 is 1.39 bits per heavy atom. The molecule has 0 aliphatic carbocycles. The molecule has 1 saturated heterocycles. The predicted octanol–water partition coefficient (Wildman–Crippen LogP) is 1.31. The lowest BCUT2D eigenvalue weighted by Crippen LogP contribution is -2.51. The lowest BCUT2D eigenvalue weighted by atomic mass is 10.2. The largest absolute Gasteiger partial charge is 0.460 e. The van der Waals surface area contributed by atoms with Crippen LogP contribution in [0.3, 0.4) is 0 Å². The van der Waals surface area contributed by atoms with Gasteiger partial charge in [-0.15, -0.1) is 11.3 Å². The van der Waals surface area contributed by atoms with Gasteiger partial charge in [0.2, 0.25) is 0 Å². The number of hydrogen-bond donors (Lipinski definition) is 1. The van der Waals surface area contributed by atoms with Gasteiger partial charge in [-0.3, -0.25) is 9.79 Å². The van der Waals surface area contributed by atoms with Crippen molar-refractivity contribution < 1.29 is 9.53 Å². The number of nitrogens with two attached hydrogens (primary N) is 1. The van der Waals surface area contributed by atoms with Crippen LogP contribution in [-0.2, 0) is 9.53 Å². The van der Waals surface area contributed by atoms with Crippen molar-refractivity contribution in [1.29, 1.82) is 0 Å². The number of nitrogens with zero attached hydrogens (tertiary/aromatic N) is 4. The minimum atomic E-state index is -0.460. The van der Waals surface area contributed by atoms with E-state index in [1.165, 1.54) is 0 Å². The van der Waals surface area contributed by atoms with E-state index in [-0.39, 0.29) is 12.4 Å². The molecule has 0 saturated carbocycles. The Kier molecular flexibility index (Phi) is 5.81. The third-order valence-corrected chi connectivity index (χ3v) is 4.14. The van der Waals surface area contributed by atoms with E-state index in [9.17, 15) is 4.79 Å².